The fourth-order valence-electron chi connectivity index (χ4n) is 1.52. The zero-order valence-corrected chi connectivity index (χ0v) is 11.8. The van der Waals surface area contributed by atoms with Gasteiger partial charge in [-0.15, -0.1) is 0 Å². The molecule has 1 aromatic rings. The van der Waals surface area contributed by atoms with E-state index in [1.165, 1.54) is 0 Å². The van der Waals surface area contributed by atoms with Crippen molar-refractivity contribution in [2.75, 3.05) is 24.4 Å². The molecule has 0 heterocycles. The van der Waals surface area contributed by atoms with Crippen molar-refractivity contribution in [2.24, 2.45) is 5.73 Å². The number of aryl methyl sites for hydroxylation is 1. The highest BCUT2D eigenvalue weighted by atomic mass is 32.2. The number of hydrogen-bond donors (Lipinski definition) is 2. The van der Waals surface area contributed by atoms with Gasteiger partial charge in [-0.2, -0.15) is 11.8 Å². The number of rotatable bonds is 6. The average molecular weight is 268 g/mol. The largest absolute Gasteiger partial charge is 0.495 e. The molecule has 1 amide bonds. The van der Waals surface area contributed by atoms with Crippen molar-refractivity contribution in [3.63, 3.8) is 0 Å². The summed E-state index contributed by atoms with van der Waals surface area (Å²) in [5, 5.41) is 2.81. The van der Waals surface area contributed by atoms with Crippen LogP contribution in [-0.2, 0) is 4.79 Å². The monoisotopic (exact) mass is 268 g/mol. The van der Waals surface area contributed by atoms with Crippen LogP contribution in [0.25, 0.3) is 0 Å². The molecule has 0 fully saturated rings. The van der Waals surface area contributed by atoms with Gasteiger partial charge in [0.15, 0.2) is 0 Å². The van der Waals surface area contributed by atoms with Crippen LogP contribution >= 0.6 is 11.8 Å². The lowest BCUT2D eigenvalue weighted by molar-refractivity contribution is -0.117. The minimum atomic E-state index is -0.484. The van der Waals surface area contributed by atoms with Crippen LogP contribution in [0.2, 0.25) is 0 Å². The van der Waals surface area contributed by atoms with Gasteiger partial charge in [0.2, 0.25) is 5.91 Å². The summed E-state index contributed by atoms with van der Waals surface area (Å²) in [6, 6.07) is 5.15. The second-order valence-corrected chi connectivity index (χ2v) is 5.07. The van der Waals surface area contributed by atoms with Gasteiger partial charge in [0.1, 0.15) is 5.75 Å². The minimum absolute atomic E-state index is 0.173. The number of benzene rings is 1. The molecule has 0 saturated carbocycles. The van der Waals surface area contributed by atoms with E-state index >= 15 is 0 Å². The molecule has 0 radical (unpaired) electrons. The molecule has 1 aromatic carbocycles. The van der Waals surface area contributed by atoms with Crippen molar-refractivity contribution in [3.05, 3.63) is 23.8 Å². The molecule has 0 aromatic heterocycles. The Labute approximate surface area is 112 Å². The molecule has 0 bridgehead atoms. The third-order valence-electron chi connectivity index (χ3n) is 2.58. The van der Waals surface area contributed by atoms with Crippen LogP contribution in [0.3, 0.4) is 0 Å². The first-order valence-electron chi connectivity index (χ1n) is 5.78. The van der Waals surface area contributed by atoms with Gasteiger partial charge in [-0.25, -0.2) is 0 Å². The number of hydrogen-bond acceptors (Lipinski definition) is 4. The normalized spacial score (nSPS) is 12.0. The van der Waals surface area contributed by atoms with Gasteiger partial charge < -0.3 is 15.8 Å². The van der Waals surface area contributed by atoms with E-state index in [0.29, 0.717) is 17.9 Å². The van der Waals surface area contributed by atoms with E-state index < -0.39 is 6.04 Å². The molecule has 100 valence electrons. The highest BCUT2D eigenvalue weighted by molar-refractivity contribution is 7.98. The van der Waals surface area contributed by atoms with Gasteiger partial charge in [0, 0.05) is 0 Å². The Balaban J connectivity index is 2.71. The van der Waals surface area contributed by atoms with Crippen molar-refractivity contribution >= 4 is 23.4 Å². The summed E-state index contributed by atoms with van der Waals surface area (Å²) in [4.78, 5) is 11.9. The molecule has 3 N–H and O–H groups in total. The summed E-state index contributed by atoms with van der Waals surface area (Å²) in [6.07, 6.45) is 2.66. The number of carbonyl (C=O) groups excluding carboxylic acids is 1. The summed E-state index contributed by atoms with van der Waals surface area (Å²) in [5.41, 5.74) is 7.54. The van der Waals surface area contributed by atoms with Crippen LogP contribution in [0.5, 0.6) is 5.75 Å². The number of amides is 1. The molecule has 0 aliphatic rings. The number of methoxy groups -OCH3 is 1. The van der Waals surface area contributed by atoms with Crippen LogP contribution in [-0.4, -0.2) is 31.1 Å². The zero-order chi connectivity index (χ0) is 13.5. The molecular weight excluding hydrogens is 248 g/mol. The standard InChI is InChI=1S/C13H20N2O2S/c1-9-4-5-12(17-2)11(8-9)15-13(16)10(14)6-7-18-3/h4-5,8,10H,6-7,14H2,1-3H3,(H,15,16)/t10-/m1/s1. The number of nitrogens with two attached hydrogens (primary N) is 1. The van der Waals surface area contributed by atoms with E-state index in [2.05, 4.69) is 5.32 Å². The van der Waals surface area contributed by atoms with Crippen LogP contribution in [0.15, 0.2) is 18.2 Å². The van der Waals surface area contributed by atoms with Gasteiger partial charge in [-0.3, -0.25) is 4.79 Å². The summed E-state index contributed by atoms with van der Waals surface area (Å²) in [7, 11) is 1.58. The summed E-state index contributed by atoms with van der Waals surface area (Å²) in [6.45, 7) is 1.96. The Hall–Kier alpha value is -1.20. The maximum absolute atomic E-state index is 11.9. The topological polar surface area (TPSA) is 64.3 Å². The molecule has 1 rings (SSSR count). The van der Waals surface area contributed by atoms with E-state index in [9.17, 15) is 4.79 Å². The zero-order valence-electron chi connectivity index (χ0n) is 11.0. The smallest absolute Gasteiger partial charge is 0.241 e. The lowest BCUT2D eigenvalue weighted by atomic mass is 10.2. The Bertz CT molecular complexity index is 410. The van der Waals surface area contributed by atoms with Gasteiger partial charge in [0.05, 0.1) is 18.8 Å². The lowest BCUT2D eigenvalue weighted by Gasteiger charge is -2.14. The highest BCUT2D eigenvalue weighted by Crippen LogP contribution is 2.25. The van der Waals surface area contributed by atoms with Crippen molar-refractivity contribution < 1.29 is 9.53 Å². The van der Waals surface area contributed by atoms with Crippen molar-refractivity contribution in [1.82, 2.24) is 0 Å². The molecule has 0 spiro atoms. The van der Waals surface area contributed by atoms with E-state index in [1.54, 1.807) is 18.9 Å². The quantitative estimate of drug-likeness (QED) is 0.828. The lowest BCUT2D eigenvalue weighted by Crippen LogP contribution is -2.36. The van der Waals surface area contributed by atoms with Gasteiger partial charge in [0.25, 0.3) is 0 Å². The second-order valence-electron chi connectivity index (χ2n) is 4.08. The predicted molar refractivity (Wildman–Crippen MR) is 77.3 cm³/mol. The maximum atomic E-state index is 11.9. The van der Waals surface area contributed by atoms with E-state index in [4.69, 9.17) is 10.5 Å². The van der Waals surface area contributed by atoms with Crippen molar-refractivity contribution in [3.8, 4) is 5.75 Å². The number of carbonyl (C=O) groups is 1. The third-order valence-corrected chi connectivity index (χ3v) is 3.23. The van der Waals surface area contributed by atoms with Gasteiger partial charge >= 0.3 is 0 Å². The Kier molecular flexibility index (Phi) is 6.01. The minimum Gasteiger partial charge on any atom is -0.495 e. The number of thioether (sulfide) groups is 1. The third kappa shape index (κ3) is 4.23. The van der Waals surface area contributed by atoms with Crippen LogP contribution < -0.4 is 15.8 Å². The summed E-state index contributed by atoms with van der Waals surface area (Å²) in [5.74, 6) is 1.35. The summed E-state index contributed by atoms with van der Waals surface area (Å²) < 4.78 is 5.20. The first-order valence-corrected chi connectivity index (χ1v) is 7.18. The predicted octanol–water partition coefficient (Wildman–Crippen LogP) is 2.02. The van der Waals surface area contributed by atoms with Crippen LogP contribution in [0, 0.1) is 6.92 Å². The maximum Gasteiger partial charge on any atom is 0.241 e. The molecule has 0 unspecified atom stereocenters. The van der Waals surface area contributed by atoms with Crippen molar-refractivity contribution in [2.45, 2.75) is 19.4 Å². The van der Waals surface area contributed by atoms with Crippen molar-refractivity contribution in [1.29, 1.82) is 0 Å². The molecule has 1 atom stereocenters. The molecular formula is C13H20N2O2S. The van der Waals surface area contributed by atoms with E-state index in [0.717, 1.165) is 11.3 Å². The number of ether oxygens (including phenoxy) is 1. The fraction of sp³-hybridized carbons (Fsp3) is 0.462. The SMILES string of the molecule is COc1ccc(C)cc1NC(=O)[C@H](N)CCSC. The summed E-state index contributed by atoms with van der Waals surface area (Å²) >= 11 is 1.68. The van der Waals surface area contributed by atoms with Crippen LogP contribution in [0.4, 0.5) is 5.69 Å². The van der Waals surface area contributed by atoms with E-state index in [1.807, 2.05) is 31.4 Å². The van der Waals surface area contributed by atoms with Gasteiger partial charge in [-0.1, -0.05) is 6.07 Å². The Morgan fingerprint density at radius 2 is 2.28 bits per heavy atom. The molecule has 0 aliphatic carbocycles. The van der Waals surface area contributed by atoms with Crippen LogP contribution in [0.1, 0.15) is 12.0 Å². The first-order chi connectivity index (χ1) is 8.58. The molecule has 5 heteroatoms. The fourth-order valence-corrected chi connectivity index (χ4v) is 2.01. The molecule has 0 aliphatic heterocycles. The average Bonchev–Trinajstić information content (AvgIpc) is 2.36. The Morgan fingerprint density at radius 1 is 1.56 bits per heavy atom. The second kappa shape index (κ2) is 7.28. The molecule has 18 heavy (non-hydrogen) atoms. The number of anilines is 1. The molecule has 0 saturated heterocycles. The number of nitrogens with one attached hydrogen (secondary N) is 1. The Morgan fingerprint density at radius 3 is 2.89 bits per heavy atom. The first kappa shape index (κ1) is 14.9. The highest BCUT2D eigenvalue weighted by Gasteiger charge is 2.15. The molecule has 4 nitrogen and oxygen atoms in total. The van der Waals surface area contributed by atoms with Gasteiger partial charge in [-0.05, 0) is 43.0 Å². The van der Waals surface area contributed by atoms with E-state index in [-0.39, 0.29) is 5.91 Å².